The summed E-state index contributed by atoms with van der Waals surface area (Å²) in [4.78, 5) is 0. The van der Waals surface area contributed by atoms with Crippen LogP contribution in [0.4, 0.5) is 0 Å². The highest BCUT2D eigenvalue weighted by Crippen LogP contribution is 2.41. The van der Waals surface area contributed by atoms with Crippen LogP contribution >= 0.6 is 0 Å². The Morgan fingerprint density at radius 3 is 1.45 bits per heavy atom. The molecule has 0 N–H and O–H groups in total. The molecule has 4 nitrogen and oxygen atoms in total. The zero-order valence-corrected chi connectivity index (χ0v) is 22.3. The molecular weight excluding hydrogens is 516 g/mol. The second-order valence-corrected chi connectivity index (χ2v) is 10.3. The minimum absolute atomic E-state index is 0.562. The van der Waals surface area contributed by atoms with Gasteiger partial charge in [0.05, 0.1) is 17.2 Å². The van der Waals surface area contributed by atoms with Gasteiger partial charge in [-0.05, 0) is 76.9 Å². The van der Waals surface area contributed by atoms with E-state index >= 15 is 0 Å². The van der Waals surface area contributed by atoms with Crippen molar-refractivity contribution in [3.05, 3.63) is 132 Å². The first-order chi connectivity index (χ1) is 20.7. The third-order valence-corrected chi connectivity index (χ3v) is 7.98. The number of fused-ring (bicyclic) bond motifs is 6. The molecule has 0 unspecified atom stereocenters. The van der Waals surface area contributed by atoms with E-state index in [1.165, 1.54) is 0 Å². The van der Waals surface area contributed by atoms with Crippen molar-refractivity contribution in [2.75, 3.05) is 0 Å². The molecule has 0 amide bonds. The summed E-state index contributed by atoms with van der Waals surface area (Å²) in [6.45, 7) is 0. The fourth-order valence-corrected chi connectivity index (χ4v) is 5.99. The third-order valence-electron chi connectivity index (χ3n) is 7.98. The molecule has 0 aliphatic carbocycles. The average Bonchev–Trinajstić information content (AvgIpc) is 3.61. The summed E-state index contributed by atoms with van der Waals surface area (Å²) in [6, 6.07) is 44.5. The van der Waals surface area contributed by atoms with Crippen molar-refractivity contribution in [2.24, 2.45) is 0 Å². The summed E-state index contributed by atoms with van der Waals surface area (Å²) in [5, 5.41) is 24.6. The minimum atomic E-state index is 0.562. The first-order valence-corrected chi connectivity index (χ1v) is 13.6. The Hall–Kier alpha value is -6.10. The van der Waals surface area contributed by atoms with Crippen molar-refractivity contribution in [1.29, 1.82) is 10.5 Å². The van der Waals surface area contributed by atoms with Crippen LogP contribution in [0.2, 0.25) is 0 Å². The van der Waals surface area contributed by atoms with E-state index in [0.717, 1.165) is 77.3 Å². The number of furan rings is 2. The van der Waals surface area contributed by atoms with Crippen LogP contribution in [-0.4, -0.2) is 0 Å². The lowest BCUT2D eigenvalue weighted by Crippen LogP contribution is -1.94. The van der Waals surface area contributed by atoms with Crippen LogP contribution in [-0.2, 0) is 0 Å². The summed E-state index contributed by atoms with van der Waals surface area (Å²) in [5.74, 6) is 0. The Bertz CT molecular complexity index is 2310. The van der Waals surface area contributed by atoms with E-state index in [-0.39, 0.29) is 0 Å². The maximum Gasteiger partial charge on any atom is 0.135 e. The van der Waals surface area contributed by atoms with E-state index in [1.807, 2.05) is 109 Å². The van der Waals surface area contributed by atoms with Crippen molar-refractivity contribution in [3.8, 4) is 45.5 Å². The van der Waals surface area contributed by atoms with Crippen molar-refractivity contribution < 1.29 is 8.83 Å². The molecule has 0 saturated carbocycles. The van der Waals surface area contributed by atoms with Crippen molar-refractivity contribution in [2.45, 2.75) is 0 Å². The zero-order valence-electron chi connectivity index (χ0n) is 22.3. The van der Waals surface area contributed by atoms with E-state index in [2.05, 4.69) is 24.3 Å². The minimum Gasteiger partial charge on any atom is -0.456 e. The van der Waals surface area contributed by atoms with E-state index in [0.29, 0.717) is 11.1 Å². The number of hydrogen-bond donors (Lipinski definition) is 0. The molecule has 0 bridgehead atoms. The molecule has 4 heteroatoms. The second-order valence-electron chi connectivity index (χ2n) is 10.3. The molecule has 8 aromatic rings. The number of nitriles is 2. The number of para-hydroxylation sites is 2. The van der Waals surface area contributed by atoms with Crippen molar-refractivity contribution >= 4 is 43.9 Å². The number of benzene rings is 6. The van der Waals surface area contributed by atoms with Gasteiger partial charge in [0.1, 0.15) is 28.4 Å². The van der Waals surface area contributed by atoms with E-state index < -0.39 is 0 Å². The standard InChI is InChI=1S/C38H20N2O2/c39-21-25-7-1-2-8-27(25)26-19-30(23-13-15-37-32(17-23)28-9-3-5-11-35(28)41-37)34(22-40)31(20-26)24-14-16-38-33(18-24)29-10-4-6-12-36(29)42-38/h1-20H. The van der Waals surface area contributed by atoms with Gasteiger partial charge in [-0.15, -0.1) is 0 Å². The molecule has 0 saturated heterocycles. The monoisotopic (exact) mass is 536 g/mol. The molecule has 8 rings (SSSR count). The molecule has 0 radical (unpaired) electrons. The van der Waals surface area contributed by atoms with Gasteiger partial charge in [-0.2, -0.15) is 10.5 Å². The Labute approximate surface area is 240 Å². The average molecular weight is 537 g/mol. The Morgan fingerprint density at radius 2 is 0.905 bits per heavy atom. The van der Waals surface area contributed by atoms with Crippen LogP contribution in [0.5, 0.6) is 0 Å². The van der Waals surface area contributed by atoms with Crippen LogP contribution in [0.15, 0.2) is 130 Å². The fraction of sp³-hybridized carbons (Fsp3) is 0. The predicted molar refractivity (Wildman–Crippen MR) is 167 cm³/mol. The van der Waals surface area contributed by atoms with Crippen LogP contribution in [0.25, 0.3) is 77.3 Å². The smallest absolute Gasteiger partial charge is 0.135 e. The highest BCUT2D eigenvalue weighted by atomic mass is 16.3. The second kappa shape index (κ2) is 9.24. The molecule has 0 aliphatic rings. The largest absolute Gasteiger partial charge is 0.456 e. The van der Waals surface area contributed by atoms with Crippen LogP contribution < -0.4 is 0 Å². The van der Waals surface area contributed by atoms with Crippen molar-refractivity contribution in [3.63, 3.8) is 0 Å². The maximum absolute atomic E-state index is 10.6. The Kier molecular flexibility index (Phi) is 5.22. The molecule has 0 atom stereocenters. The Balaban J connectivity index is 1.43. The van der Waals surface area contributed by atoms with Crippen molar-refractivity contribution in [1.82, 2.24) is 0 Å². The highest BCUT2D eigenvalue weighted by Gasteiger charge is 2.19. The molecule has 6 aromatic carbocycles. The first kappa shape index (κ1) is 23.8. The van der Waals surface area contributed by atoms with Crippen LogP contribution in [0.3, 0.4) is 0 Å². The van der Waals surface area contributed by atoms with Gasteiger partial charge in [0.2, 0.25) is 0 Å². The quantitative estimate of drug-likeness (QED) is 0.225. The van der Waals surface area contributed by atoms with E-state index in [9.17, 15) is 10.5 Å². The summed E-state index contributed by atoms with van der Waals surface area (Å²) >= 11 is 0. The summed E-state index contributed by atoms with van der Waals surface area (Å²) < 4.78 is 12.1. The van der Waals surface area contributed by atoms with Gasteiger partial charge < -0.3 is 8.83 Å². The maximum atomic E-state index is 10.6. The molecule has 0 aliphatic heterocycles. The normalized spacial score (nSPS) is 11.3. The summed E-state index contributed by atoms with van der Waals surface area (Å²) in [7, 11) is 0. The van der Waals surface area contributed by atoms with E-state index in [4.69, 9.17) is 8.83 Å². The predicted octanol–water partition coefficient (Wildman–Crippen LogP) is 10.2. The van der Waals surface area contributed by atoms with Gasteiger partial charge >= 0.3 is 0 Å². The topological polar surface area (TPSA) is 73.9 Å². The van der Waals surface area contributed by atoms with Crippen LogP contribution in [0.1, 0.15) is 11.1 Å². The number of rotatable bonds is 3. The van der Waals surface area contributed by atoms with Gasteiger partial charge in [-0.3, -0.25) is 0 Å². The molecule has 2 aromatic heterocycles. The van der Waals surface area contributed by atoms with Gasteiger partial charge in [0, 0.05) is 32.7 Å². The van der Waals surface area contributed by atoms with Gasteiger partial charge in [-0.25, -0.2) is 0 Å². The lowest BCUT2D eigenvalue weighted by Gasteiger charge is -2.15. The molecule has 42 heavy (non-hydrogen) atoms. The number of hydrogen-bond acceptors (Lipinski definition) is 4. The van der Waals surface area contributed by atoms with Gasteiger partial charge in [0.15, 0.2) is 0 Å². The van der Waals surface area contributed by atoms with Crippen LogP contribution in [0, 0.1) is 22.7 Å². The zero-order chi connectivity index (χ0) is 28.2. The molecule has 2 heterocycles. The summed E-state index contributed by atoms with van der Waals surface area (Å²) in [5.41, 5.74) is 9.44. The highest BCUT2D eigenvalue weighted by molar-refractivity contribution is 6.08. The SMILES string of the molecule is N#Cc1ccccc1-c1cc(-c2ccc3oc4ccccc4c3c2)c(C#N)c(-c2ccc3oc4ccccc4c3c2)c1. The van der Waals surface area contributed by atoms with E-state index in [1.54, 1.807) is 0 Å². The number of nitrogens with zero attached hydrogens (tertiary/aromatic N) is 2. The first-order valence-electron chi connectivity index (χ1n) is 13.6. The molecule has 0 fully saturated rings. The van der Waals surface area contributed by atoms with Gasteiger partial charge in [-0.1, -0.05) is 66.7 Å². The third kappa shape index (κ3) is 3.60. The molecule has 194 valence electrons. The fourth-order valence-electron chi connectivity index (χ4n) is 5.99. The Morgan fingerprint density at radius 1 is 0.405 bits per heavy atom. The molecule has 0 spiro atoms. The summed E-state index contributed by atoms with van der Waals surface area (Å²) in [6.07, 6.45) is 0. The van der Waals surface area contributed by atoms with Gasteiger partial charge in [0.25, 0.3) is 0 Å². The lowest BCUT2D eigenvalue weighted by atomic mass is 9.87. The lowest BCUT2D eigenvalue weighted by molar-refractivity contribution is 0.668. The molecular formula is C38H20N2O2.